The monoisotopic (exact) mass is 373 g/mol. The van der Waals surface area contributed by atoms with Crippen molar-refractivity contribution in [3.8, 4) is 0 Å². The van der Waals surface area contributed by atoms with Gasteiger partial charge in [0.05, 0.1) is 6.54 Å². The van der Waals surface area contributed by atoms with E-state index in [9.17, 15) is 22.8 Å². The summed E-state index contributed by atoms with van der Waals surface area (Å²) in [5.41, 5.74) is -4.21. The van der Waals surface area contributed by atoms with Crippen LogP contribution in [0.25, 0.3) is 0 Å². The number of halogens is 3. The van der Waals surface area contributed by atoms with Crippen LogP contribution in [-0.2, 0) is 4.79 Å². The standard InChI is InChI=1S/C15H14F3N3O3S/c1-9-7-12(20-24-9)19-13(22)8-21(2)14(23)10-3-5-11(6-4-10)25-15(16,17)18/h3-7H,8H2,1-2H3,(H,19,20,22). The molecule has 0 aliphatic heterocycles. The number of likely N-dealkylation sites (N-methyl/N-ethyl adjacent to an activating group) is 1. The van der Waals surface area contributed by atoms with Gasteiger partial charge < -0.3 is 14.7 Å². The van der Waals surface area contributed by atoms with Gasteiger partial charge in [0.25, 0.3) is 5.91 Å². The number of carbonyl (C=O) groups is 2. The molecule has 0 saturated carbocycles. The molecule has 1 aromatic carbocycles. The van der Waals surface area contributed by atoms with Gasteiger partial charge in [0.15, 0.2) is 5.82 Å². The van der Waals surface area contributed by atoms with E-state index in [0.717, 1.165) is 4.90 Å². The van der Waals surface area contributed by atoms with Crippen LogP contribution in [0.1, 0.15) is 16.1 Å². The molecule has 134 valence electrons. The van der Waals surface area contributed by atoms with Crippen LogP contribution in [0.3, 0.4) is 0 Å². The van der Waals surface area contributed by atoms with Crippen LogP contribution in [0, 0.1) is 6.92 Å². The number of aromatic nitrogens is 1. The fourth-order valence-corrected chi connectivity index (χ4v) is 2.45. The maximum Gasteiger partial charge on any atom is 0.446 e. The predicted molar refractivity (Wildman–Crippen MR) is 85.2 cm³/mol. The lowest BCUT2D eigenvalue weighted by Crippen LogP contribution is -2.35. The van der Waals surface area contributed by atoms with Crippen molar-refractivity contribution >= 4 is 29.4 Å². The van der Waals surface area contributed by atoms with E-state index in [1.165, 1.54) is 37.4 Å². The Balaban J connectivity index is 1.93. The van der Waals surface area contributed by atoms with E-state index in [2.05, 4.69) is 10.5 Å². The van der Waals surface area contributed by atoms with Crippen molar-refractivity contribution in [2.24, 2.45) is 0 Å². The number of alkyl halides is 3. The Morgan fingerprint density at radius 3 is 2.44 bits per heavy atom. The molecule has 25 heavy (non-hydrogen) atoms. The van der Waals surface area contributed by atoms with E-state index in [1.807, 2.05) is 0 Å². The highest BCUT2D eigenvalue weighted by atomic mass is 32.2. The number of rotatable bonds is 5. The van der Waals surface area contributed by atoms with Crippen LogP contribution in [0.15, 0.2) is 39.8 Å². The van der Waals surface area contributed by atoms with Gasteiger partial charge in [-0.3, -0.25) is 9.59 Å². The van der Waals surface area contributed by atoms with Gasteiger partial charge in [0.1, 0.15) is 5.76 Å². The first-order valence-corrected chi connectivity index (χ1v) is 7.80. The van der Waals surface area contributed by atoms with Crippen molar-refractivity contribution in [2.75, 3.05) is 18.9 Å². The summed E-state index contributed by atoms with van der Waals surface area (Å²) in [6.45, 7) is 1.42. The summed E-state index contributed by atoms with van der Waals surface area (Å²) in [5.74, 6) is -0.211. The molecule has 0 radical (unpaired) electrons. The lowest BCUT2D eigenvalue weighted by molar-refractivity contribution is -0.116. The van der Waals surface area contributed by atoms with Gasteiger partial charge in [0.2, 0.25) is 5.91 Å². The molecule has 6 nitrogen and oxygen atoms in total. The number of hydrogen-bond donors (Lipinski definition) is 1. The first kappa shape index (κ1) is 18.8. The summed E-state index contributed by atoms with van der Waals surface area (Å²) in [7, 11) is 1.41. The number of thioether (sulfide) groups is 1. The number of aryl methyl sites for hydroxylation is 1. The van der Waals surface area contributed by atoms with Gasteiger partial charge in [-0.2, -0.15) is 13.2 Å². The molecule has 1 N–H and O–H groups in total. The highest BCUT2D eigenvalue weighted by molar-refractivity contribution is 8.00. The van der Waals surface area contributed by atoms with Crippen molar-refractivity contribution in [1.29, 1.82) is 0 Å². The lowest BCUT2D eigenvalue weighted by Gasteiger charge is -2.16. The number of hydrogen-bond acceptors (Lipinski definition) is 5. The van der Waals surface area contributed by atoms with Gasteiger partial charge in [-0.25, -0.2) is 0 Å². The molecule has 1 heterocycles. The molecule has 0 fully saturated rings. The van der Waals surface area contributed by atoms with Crippen molar-refractivity contribution in [1.82, 2.24) is 10.1 Å². The predicted octanol–water partition coefficient (Wildman–Crippen LogP) is 3.31. The molecule has 1 aromatic heterocycles. The molecule has 2 aromatic rings. The van der Waals surface area contributed by atoms with Gasteiger partial charge in [-0.15, -0.1) is 0 Å². The molecular weight excluding hydrogens is 359 g/mol. The largest absolute Gasteiger partial charge is 0.446 e. The first-order valence-electron chi connectivity index (χ1n) is 6.98. The smallest absolute Gasteiger partial charge is 0.360 e. The van der Waals surface area contributed by atoms with Crippen LogP contribution < -0.4 is 5.32 Å². The molecule has 0 unspecified atom stereocenters. The van der Waals surface area contributed by atoms with E-state index >= 15 is 0 Å². The number of nitrogens with zero attached hydrogens (tertiary/aromatic N) is 2. The Hall–Kier alpha value is -2.49. The third-order valence-corrected chi connectivity index (χ3v) is 3.70. The third-order valence-electron chi connectivity index (χ3n) is 2.96. The van der Waals surface area contributed by atoms with Gasteiger partial charge in [0, 0.05) is 23.6 Å². The molecule has 0 aliphatic carbocycles. The van der Waals surface area contributed by atoms with Crippen molar-refractivity contribution in [3.63, 3.8) is 0 Å². The number of amides is 2. The molecule has 0 bridgehead atoms. The number of carbonyl (C=O) groups excluding carboxylic acids is 2. The minimum absolute atomic E-state index is 0.0224. The van der Waals surface area contributed by atoms with Crippen LogP contribution in [0.5, 0.6) is 0 Å². The van der Waals surface area contributed by atoms with E-state index < -0.39 is 17.3 Å². The maximum absolute atomic E-state index is 12.3. The highest BCUT2D eigenvalue weighted by Crippen LogP contribution is 2.36. The number of benzene rings is 1. The quantitative estimate of drug-likeness (QED) is 0.814. The number of anilines is 1. The number of nitrogens with one attached hydrogen (secondary N) is 1. The average molecular weight is 373 g/mol. The Morgan fingerprint density at radius 1 is 1.28 bits per heavy atom. The first-order chi connectivity index (χ1) is 11.6. The maximum atomic E-state index is 12.3. The summed E-state index contributed by atoms with van der Waals surface area (Å²) in [5, 5.41) is 6.07. The summed E-state index contributed by atoms with van der Waals surface area (Å²) in [6, 6.07) is 6.50. The van der Waals surface area contributed by atoms with E-state index in [0.29, 0.717) is 5.76 Å². The summed E-state index contributed by atoms with van der Waals surface area (Å²) >= 11 is -0.261. The molecule has 2 amide bonds. The van der Waals surface area contributed by atoms with Gasteiger partial charge in [-0.05, 0) is 43.0 Å². The highest BCUT2D eigenvalue weighted by Gasteiger charge is 2.29. The Bertz CT molecular complexity index is 759. The molecule has 0 spiro atoms. The summed E-state index contributed by atoms with van der Waals surface area (Å²) in [6.07, 6.45) is 0. The zero-order chi connectivity index (χ0) is 18.6. The fraction of sp³-hybridized carbons (Fsp3) is 0.267. The van der Waals surface area contributed by atoms with Crippen molar-refractivity contribution in [3.05, 3.63) is 41.7 Å². The molecule has 2 rings (SSSR count). The van der Waals surface area contributed by atoms with E-state index in [4.69, 9.17) is 4.52 Å². The third kappa shape index (κ3) is 5.82. The van der Waals surface area contributed by atoms with E-state index in [-0.39, 0.29) is 34.6 Å². The van der Waals surface area contributed by atoms with Crippen LogP contribution >= 0.6 is 11.8 Å². The molecule has 0 aliphatic rings. The second-order valence-corrected chi connectivity index (χ2v) is 6.24. The van der Waals surface area contributed by atoms with Gasteiger partial charge in [-0.1, -0.05) is 5.16 Å². The van der Waals surface area contributed by atoms with Gasteiger partial charge >= 0.3 is 5.51 Å². The Kier molecular flexibility index (Phi) is 5.73. The Morgan fingerprint density at radius 2 is 1.92 bits per heavy atom. The van der Waals surface area contributed by atoms with Crippen LogP contribution in [0.2, 0.25) is 0 Å². The summed E-state index contributed by atoms with van der Waals surface area (Å²) in [4.78, 5) is 25.2. The second kappa shape index (κ2) is 7.60. The topological polar surface area (TPSA) is 75.4 Å². The summed E-state index contributed by atoms with van der Waals surface area (Å²) < 4.78 is 41.7. The lowest BCUT2D eigenvalue weighted by atomic mass is 10.2. The minimum atomic E-state index is -4.39. The van der Waals surface area contributed by atoms with Crippen molar-refractivity contribution < 1.29 is 27.3 Å². The normalized spacial score (nSPS) is 11.2. The average Bonchev–Trinajstić information content (AvgIpc) is 2.90. The van der Waals surface area contributed by atoms with Crippen LogP contribution in [-0.4, -0.2) is 41.0 Å². The molecule has 0 saturated heterocycles. The zero-order valence-corrected chi connectivity index (χ0v) is 14.1. The second-order valence-electron chi connectivity index (χ2n) is 5.10. The zero-order valence-electron chi connectivity index (χ0n) is 13.3. The molecule has 10 heteroatoms. The van der Waals surface area contributed by atoms with Crippen LogP contribution in [0.4, 0.5) is 19.0 Å². The molecular formula is C15H14F3N3O3S. The SMILES string of the molecule is Cc1cc(NC(=O)CN(C)C(=O)c2ccc(SC(F)(F)F)cc2)no1. The van der Waals surface area contributed by atoms with Crippen molar-refractivity contribution in [2.45, 2.75) is 17.3 Å². The minimum Gasteiger partial charge on any atom is -0.360 e. The Labute approximate surface area is 145 Å². The molecule has 0 atom stereocenters. The van der Waals surface area contributed by atoms with E-state index in [1.54, 1.807) is 6.92 Å². The fourth-order valence-electron chi connectivity index (χ4n) is 1.91.